The minimum absolute atomic E-state index is 0.00429. The number of carbonyl (C=O) groups is 1. The quantitative estimate of drug-likeness (QED) is 0.800. The van der Waals surface area contributed by atoms with Crippen molar-refractivity contribution in [2.45, 2.75) is 52.9 Å². The van der Waals surface area contributed by atoms with E-state index in [9.17, 15) is 13.2 Å². The van der Waals surface area contributed by atoms with Crippen LogP contribution in [0.3, 0.4) is 0 Å². The van der Waals surface area contributed by atoms with E-state index in [1.807, 2.05) is 46.4 Å². The van der Waals surface area contributed by atoms with E-state index >= 15 is 0 Å². The van der Waals surface area contributed by atoms with Crippen LogP contribution in [-0.4, -0.2) is 62.8 Å². The third kappa shape index (κ3) is 4.52. The highest BCUT2D eigenvalue weighted by molar-refractivity contribution is 7.89. The molecule has 1 heterocycles. The molecule has 6 nitrogen and oxygen atoms in total. The SMILES string of the molecule is CCCNC(=O)CN1CCN(S(=O)(=O)c2c(C)c(C)c(C)c(C)c2C)CC1. The van der Waals surface area contributed by atoms with Crippen molar-refractivity contribution in [1.82, 2.24) is 14.5 Å². The number of nitrogens with zero attached hydrogens (tertiary/aromatic N) is 2. The van der Waals surface area contributed by atoms with Crippen LogP contribution in [0.1, 0.15) is 41.2 Å². The summed E-state index contributed by atoms with van der Waals surface area (Å²) in [7, 11) is -3.55. The number of benzene rings is 1. The highest BCUT2D eigenvalue weighted by atomic mass is 32.2. The standard InChI is InChI=1S/C20H33N3O3S/c1-7-8-21-19(24)13-22-9-11-23(12-10-22)27(25,26)20-17(5)15(3)14(2)16(4)18(20)6/h7-13H2,1-6H3,(H,21,24). The van der Waals surface area contributed by atoms with Gasteiger partial charge in [0, 0.05) is 32.7 Å². The molecule has 0 spiro atoms. The van der Waals surface area contributed by atoms with E-state index < -0.39 is 10.0 Å². The third-order valence-corrected chi connectivity index (χ3v) is 7.97. The Balaban J connectivity index is 2.16. The summed E-state index contributed by atoms with van der Waals surface area (Å²) in [4.78, 5) is 14.4. The largest absolute Gasteiger partial charge is 0.355 e. The van der Waals surface area contributed by atoms with Gasteiger partial charge in [-0.25, -0.2) is 8.42 Å². The van der Waals surface area contributed by atoms with Gasteiger partial charge in [-0.3, -0.25) is 9.69 Å². The zero-order valence-corrected chi connectivity index (χ0v) is 18.3. The Morgan fingerprint density at radius 3 is 1.85 bits per heavy atom. The van der Waals surface area contributed by atoms with Crippen molar-refractivity contribution in [3.8, 4) is 0 Å². The summed E-state index contributed by atoms with van der Waals surface area (Å²) in [5, 5.41) is 2.87. The molecular weight excluding hydrogens is 362 g/mol. The molecule has 1 aliphatic heterocycles. The van der Waals surface area contributed by atoms with Gasteiger partial charge in [-0.2, -0.15) is 4.31 Å². The second kappa shape index (κ2) is 8.71. The van der Waals surface area contributed by atoms with E-state index in [2.05, 4.69) is 5.32 Å². The van der Waals surface area contributed by atoms with E-state index in [-0.39, 0.29) is 5.91 Å². The molecule has 0 aromatic heterocycles. The van der Waals surface area contributed by atoms with Crippen LogP contribution in [-0.2, 0) is 14.8 Å². The average Bonchev–Trinajstić information content (AvgIpc) is 2.63. The Morgan fingerprint density at radius 1 is 0.889 bits per heavy atom. The van der Waals surface area contributed by atoms with Crippen LogP contribution in [0.15, 0.2) is 4.90 Å². The van der Waals surface area contributed by atoms with Crippen molar-refractivity contribution in [3.05, 3.63) is 27.8 Å². The summed E-state index contributed by atoms with van der Waals surface area (Å²) in [6.07, 6.45) is 0.909. The molecule has 1 aliphatic rings. The zero-order valence-electron chi connectivity index (χ0n) is 17.5. The fraction of sp³-hybridized carbons (Fsp3) is 0.650. The lowest BCUT2D eigenvalue weighted by atomic mass is 9.95. The predicted octanol–water partition coefficient (Wildman–Crippen LogP) is 2.06. The van der Waals surface area contributed by atoms with Crippen LogP contribution in [0, 0.1) is 34.6 Å². The number of nitrogens with one attached hydrogen (secondary N) is 1. The zero-order chi connectivity index (χ0) is 20.4. The predicted molar refractivity (Wildman–Crippen MR) is 109 cm³/mol. The summed E-state index contributed by atoms with van der Waals surface area (Å²) in [6.45, 7) is 14.8. The van der Waals surface area contributed by atoms with Crippen LogP contribution in [0.25, 0.3) is 0 Å². The molecule has 1 aromatic carbocycles. The minimum Gasteiger partial charge on any atom is -0.355 e. The highest BCUT2D eigenvalue weighted by Gasteiger charge is 2.32. The van der Waals surface area contributed by atoms with Gasteiger partial charge < -0.3 is 5.32 Å². The lowest BCUT2D eigenvalue weighted by molar-refractivity contribution is -0.122. The molecule has 1 aromatic rings. The maximum Gasteiger partial charge on any atom is 0.243 e. The van der Waals surface area contributed by atoms with Crippen molar-refractivity contribution in [2.24, 2.45) is 0 Å². The van der Waals surface area contributed by atoms with Crippen LogP contribution in [0.2, 0.25) is 0 Å². The fourth-order valence-corrected chi connectivity index (χ4v) is 5.62. The second-order valence-corrected chi connectivity index (χ2v) is 9.36. The van der Waals surface area contributed by atoms with Gasteiger partial charge in [0.05, 0.1) is 11.4 Å². The molecule has 1 amide bonds. The summed E-state index contributed by atoms with van der Waals surface area (Å²) < 4.78 is 28.3. The Labute approximate surface area is 164 Å². The van der Waals surface area contributed by atoms with Gasteiger partial charge in [0.2, 0.25) is 15.9 Å². The Bertz CT molecular complexity index is 781. The molecule has 0 bridgehead atoms. The molecule has 0 atom stereocenters. The van der Waals surface area contributed by atoms with Gasteiger partial charge in [0.1, 0.15) is 0 Å². The maximum atomic E-state index is 13.3. The van der Waals surface area contributed by atoms with Gasteiger partial charge in [-0.1, -0.05) is 6.92 Å². The smallest absolute Gasteiger partial charge is 0.243 e. The first-order chi connectivity index (χ1) is 12.6. The van der Waals surface area contributed by atoms with Gasteiger partial charge in [0.15, 0.2) is 0 Å². The van der Waals surface area contributed by atoms with E-state index in [0.29, 0.717) is 44.2 Å². The Kier molecular flexibility index (Phi) is 7.05. The number of piperazine rings is 1. The number of amides is 1. The molecule has 0 saturated carbocycles. The maximum absolute atomic E-state index is 13.3. The summed E-state index contributed by atoms with van der Waals surface area (Å²) in [5.74, 6) is 0.00429. The van der Waals surface area contributed by atoms with Crippen molar-refractivity contribution in [2.75, 3.05) is 39.3 Å². The lowest BCUT2D eigenvalue weighted by Gasteiger charge is -2.34. The minimum atomic E-state index is -3.55. The topological polar surface area (TPSA) is 69.7 Å². The number of carbonyl (C=O) groups excluding carboxylic acids is 1. The number of rotatable bonds is 6. The lowest BCUT2D eigenvalue weighted by Crippen LogP contribution is -2.51. The van der Waals surface area contributed by atoms with Gasteiger partial charge in [-0.15, -0.1) is 0 Å². The number of hydrogen-bond donors (Lipinski definition) is 1. The van der Waals surface area contributed by atoms with Gasteiger partial charge >= 0.3 is 0 Å². The van der Waals surface area contributed by atoms with E-state index in [1.54, 1.807) is 4.31 Å². The third-order valence-electron chi connectivity index (χ3n) is 5.80. The Morgan fingerprint density at radius 2 is 1.37 bits per heavy atom. The second-order valence-electron chi connectivity index (χ2n) is 7.48. The molecule has 2 rings (SSSR count). The molecule has 27 heavy (non-hydrogen) atoms. The van der Waals surface area contributed by atoms with E-state index in [4.69, 9.17) is 0 Å². The van der Waals surface area contributed by atoms with Crippen LogP contribution in [0.4, 0.5) is 0 Å². The first-order valence-electron chi connectivity index (χ1n) is 9.67. The van der Waals surface area contributed by atoms with Crippen LogP contribution >= 0.6 is 0 Å². The molecule has 1 fully saturated rings. The van der Waals surface area contributed by atoms with Crippen molar-refractivity contribution in [1.29, 1.82) is 0 Å². The van der Waals surface area contributed by atoms with Crippen molar-refractivity contribution >= 4 is 15.9 Å². The van der Waals surface area contributed by atoms with Gasteiger partial charge in [0.25, 0.3) is 0 Å². The van der Waals surface area contributed by atoms with Crippen molar-refractivity contribution < 1.29 is 13.2 Å². The molecular formula is C20H33N3O3S. The fourth-order valence-electron chi connectivity index (χ4n) is 3.63. The van der Waals surface area contributed by atoms with Crippen LogP contribution < -0.4 is 5.32 Å². The number of hydrogen-bond acceptors (Lipinski definition) is 4. The Hall–Kier alpha value is -1.44. The molecule has 152 valence electrons. The summed E-state index contributed by atoms with van der Waals surface area (Å²) in [5.41, 5.74) is 4.94. The van der Waals surface area contributed by atoms with E-state index in [0.717, 1.165) is 34.2 Å². The highest BCUT2D eigenvalue weighted by Crippen LogP contribution is 2.31. The molecule has 0 aliphatic carbocycles. The van der Waals surface area contributed by atoms with Gasteiger partial charge in [-0.05, 0) is 68.9 Å². The summed E-state index contributed by atoms with van der Waals surface area (Å²) >= 11 is 0. The monoisotopic (exact) mass is 395 g/mol. The van der Waals surface area contributed by atoms with E-state index in [1.165, 1.54) is 0 Å². The molecule has 0 unspecified atom stereocenters. The molecule has 7 heteroatoms. The molecule has 1 saturated heterocycles. The summed E-state index contributed by atoms with van der Waals surface area (Å²) in [6, 6.07) is 0. The number of sulfonamides is 1. The normalized spacial score (nSPS) is 16.5. The molecule has 0 radical (unpaired) electrons. The average molecular weight is 396 g/mol. The first kappa shape index (κ1) is 21.9. The van der Waals surface area contributed by atoms with Crippen LogP contribution in [0.5, 0.6) is 0 Å². The van der Waals surface area contributed by atoms with Crippen molar-refractivity contribution in [3.63, 3.8) is 0 Å². The first-order valence-corrected chi connectivity index (χ1v) is 11.1. The molecule has 1 N–H and O–H groups in total.